The number of hydrogen-bond donors (Lipinski definition) is 1. The van der Waals surface area contributed by atoms with E-state index in [0.717, 1.165) is 27.7 Å². The Hall–Kier alpha value is -2.73. The smallest absolute Gasteiger partial charge is 0.127 e. The van der Waals surface area contributed by atoms with Gasteiger partial charge < -0.3 is 5.73 Å². The van der Waals surface area contributed by atoms with Gasteiger partial charge in [-0.05, 0) is 38.0 Å². The predicted molar refractivity (Wildman–Crippen MR) is 86.6 cm³/mol. The van der Waals surface area contributed by atoms with Gasteiger partial charge in [-0.2, -0.15) is 5.26 Å². The van der Waals surface area contributed by atoms with Crippen molar-refractivity contribution in [1.29, 1.82) is 5.26 Å². The second kappa shape index (κ2) is 4.68. The average Bonchev–Trinajstić information content (AvgIpc) is 2.70. The number of aryl methyl sites for hydroxylation is 3. The number of rotatable bonds is 1. The normalized spacial score (nSPS) is 10.8. The Kier molecular flexibility index (Phi) is 2.95. The molecular weight excluding hydrogens is 258 g/mol. The van der Waals surface area contributed by atoms with E-state index in [-0.39, 0.29) is 0 Å². The number of nitrogens with zero attached hydrogens (tertiary/aromatic N) is 2. The van der Waals surface area contributed by atoms with Crippen LogP contribution in [0.3, 0.4) is 0 Å². The van der Waals surface area contributed by atoms with Crippen molar-refractivity contribution in [3.63, 3.8) is 0 Å². The molecule has 2 N–H and O–H groups in total. The molecule has 0 amide bonds. The van der Waals surface area contributed by atoms with Crippen LogP contribution in [0.5, 0.6) is 0 Å². The van der Waals surface area contributed by atoms with Crippen LogP contribution in [0.4, 0.5) is 5.82 Å². The fraction of sp³-hybridized carbons (Fsp3) is 0.167. The van der Waals surface area contributed by atoms with Crippen molar-refractivity contribution in [3.8, 4) is 11.8 Å². The zero-order valence-corrected chi connectivity index (χ0v) is 12.4. The molecule has 104 valence electrons. The maximum atomic E-state index is 9.42. The van der Waals surface area contributed by atoms with E-state index in [0.29, 0.717) is 11.4 Å². The van der Waals surface area contributed by atoms with E-state index in [2.05, 4.69) is 39.0 Å². The highest BCUT2D eigenvalue weighted by atomic mass is 15.1. The van der Waals surface area contributed by atoms with Crippen molar-refractivity contribution >= 4 is 16.7 Å². The summed E-state index contributed by atoms with van der Waals surface area (Å²) in [7, 11) is 0. The first-order chi connectivity index (χ1) is 10.0. The van der Waals surface area contributed by atoms with Crippen molar-refractivity contribution in [1.82, 2.24) is 4.57 Å². The Morgan fingerprint density at radius 2 is 1.67 bits per heavy atom. The Labute approximate surface area is 124 Å². The highest BCUT2D eigenvalue weighted by Crippen LogP contribution is 2.33. The van der Waals surface area contributed by atoms with Crippen LogP contribution in [0.1, 0.15) is 22.3 Å². The maximum Gasteiger partial charge on any atom is 0.127 e. The molecule has 3 rings (SSSR count). The molecule has 0 spiro atoms. The van der Waals surface area contributed by atoms with E-state index in [1.54, 1.807) is 0 Å². The first-order valence-electron chi connectivity index (χ1n) is 6.92. The minimum absolute atomic E-state index is 0.508. The third-order valence-corrected chi connectivity index (χ3v) is 3.88. The van der Waals surface area contributed by atoms with Crippen LogP contribution >= 0.6 is 0 Å². The molecule has 0 saturated carbocycles. The molecule has 0 saturated heterocycles. The van der Waals surface area contributed by atoms with Gasteiger partial charge >= 0.3 is 0 Å². The molecule has 1 aromatic heterocycles. The molecule has 0 fully saturated rings. The second-order valence-electron chi connectivity index (χ2n) is 5.47. The van der Waals surface area contributed by atoms with Crippen LogP contribution in [-0.2, 0) is 0 Å². The summed E-state index contributed by atoms with van der Waals surface area (Å²) in [6, 6.07) is 14.4. The number of fused-ring (bicyclic) bond motifs is 1. The molecule has 0 bridgehead atoms. The molecule has 0 aliphatic rings. The van der Waals surface area contributed by atoms with Gasteiger partial charge in [0.15, 0.2) is 0 Å². The number of anilines is 1. The summed E-state index contributed by atoms with van der Waals surface area (Å²) in [5.74, 6) is 0.508. The van der Waals surface area contributed by atoms with Crippen molar-refractivity contribution in [2.45, 2.75) is 20.8 Å². The van der Waals surface area contributed by atoms with Crippen LogP contribution in [0.15, 0.2) is 36.4 Å². The molecular formula is C18H17N3. The largest absolute Gasteiger partial charge is 0.384 e. The first-order valence-corrected chi connectivity index (χ1v) is 6.92. The third kappa shape index (κ3) is 1.88. The lowest BCUT2D eigenvalue weighted by Crippen LogP contribution is -2.05. The molecule has 3 nitrogen and oxygen atoms in total. The SMILES string of the molecule is Cc1cc(C)c(-n2c(N)c(C#N)c3ccccc32)c(C)c1. The van der Waals surface area contributed by atoms with E-state index in [4.69, 9.17) is 5.73 Å². The van der Waals surface area contributed by atoms with E-state index in [1.165, 1.54) is 5.56 Å². The van der Waals surface area contributed by atoms with Gasteiger partial charge in [0.25, 0.3) is 0 Å². The molecule has 0 radical (unpaired) electrons. The topological polar surface area (TPSA) is 54.7 Å². The Bertz CT molecular complexity index is 872. The molecule has 1 heterocycles. The molecule has 0 aliphatic carbocycles. The number of aromatic nitrogens is 1. The molecule has 0 unspecified atom stereocenters. The lowest BCUT2D eigenvalue weighted by Gasteiger charge is -2.15. The van der Waals surface area contributed by atoms with Gasteiger partial charge in [-0.3, -0.25) is 4.57 Å². The van der Waals surface area contributed by atoms with Crippen molar-refractivity contribution in [2.75, 3.05) is 5.73 Å². The lowest BCUT2D eigenvalue weighted by atomic mass is 10.0. The highest BCUT2D eigenvalue weighted by molar-refractivity contribution is 5.94. The zero-order valence-electron chi connectivity index (χ0n) is 12.4. The van der Waals surface area contributed by atoms with Crippen molar-refractivity contribution in [2.24, 2.45) is 0 Å². The standard InChI is InChI=1S/C18H17N3/c1-11-8-12(2)17(13(3)9-11)21-16-7-5-4-6-14(16)15(10-19)18(21)20/h4-9H,20H2,1-3H3. The molecule has 0 atom stereocenters. The number of nitriles is 1. The Balaban J connectivity index is 2.48. The van der Waals surface area contributed by atoms with Gasteiger partial charge in [-0.1, -0.05) is 35.9 Å². The number of nitrogen functional groups attached to an aromatic ring is 1. The van der Waals surface area contributed by atoms with Crippen LogP contribution < -0.4 is 5.73 Å². The number of hydrogen-bond acceptors (Lipinski definition) is 2. The van der Waals surface area contributed by atoms with Gasteiger partial charge in [0.1, 0.15) is 17.5 Å². The number of benzene rings is 2. The van der Waals surface area contributed by atoms with E-state index < -0.39 is 0 Å². The van der Waals surface area contributed by atoms with E-state index >= 15 is 0 Å². The van der Waals surface area contributed by atoms with Gasteiger partial charge in [-0.15, -0.1) is 0 Å². The minimum Gasteiger partial charge on any atom is -0.384 e. The second-order valence-corrected chi connectivity index (χ2v) is 5.47. The summed E-state index contributed by atoms with van der Waals surface area (Å²) < 4.78 is 2.00. The summed E-state index contributed by atoms with van der Waals surface area (Å²) >= 11 is 0. The van der Waals surface area contributed by atoms with Gasteiger partial charge in [0, 0.05) is 5.39 Å². The summed E-state index contributed by atoms with van der Waals surface area (Å²) in [5, 5.41) is 10.3. The fourth-order valence-corrected chi connectivity index (χ4v) is 3.14. The van der Waals surface area contributed by atoms with E-state index in [9.17, 15) is 5.26 Å². The van der Waals surface area contributed by atoms with Gasteiger partial charge in [0.05, 0.1) is 11.2 Å². The average molecular weight is 275 g/mol. The zero-order chi connectivity index (χ0) is 15.1. The van der Waals surface area contributed by atoms with Crippen molar-refractivity contribution in [3.05, 3.63) is 58.7 Å². The minimum atomic E-state index is 0.508. The summed E-state index contributed by atoms with van der Waals surface area (Å²) in [4.78, 5) is 0. The first kappa shape index (κ1) is 13.3. The number of para-hydroxylation sites is 1. The predicted octanol–water partition coefficient (Wildman–Crippen LogP) is 4.01. The Morgan fingerprint density at radius 3 is 2.29 bits per heavy atom. The maximum absolute atomic E-state index is 9.42. The quantitative estimate of drug-likeness (QED) is 0.729. The monoisotopic (exact) mass is 275 g/mol. The van der Waals surface area contributed by atoms with Gasteiger partial charge in [0.2, 0.25) is 0 Å². The third-order valence-electron chi connectivity index (χ3n) is 3.88. The number of nitrogens with two attached hydrogens (primary N) is 1. The van der Waals surface area contributed by atoms with E-state index in [1.807, 2.05) is 28.8 Å². The molecule has 3 aromatic rings. The highest BCUT2D eigenvalue weighted by Gasteiger charge is 2.18. The molecule has 21 heavy (non-hydrogen) atoms. The summed E-state index contributed by atoms with van der Waals surface area (Å²) in [6.07, 6.45) is 0. The van der Waals surface area contributed by atoms with Crippen molar-refractivity contribution < 1.29 is 0 Å². The summed E-state index contributed by atoms with van der Waals surface area (Å²) in [5.41, 5.74) is 12.4. The van der Waals surface area contributed by atoms with Crippen LogP contribution in [-0.4, -0.2) is 4.57 Å². The Morgan fingerprint density at radius 1 is 1.05 bits per heavy atom. The molecule has 3 heteroatoms. The van der Waals surface area contributed by atoms with Crippen LogP contribution in [0.2, 0.25) is 0 Å². The van der Waals surface area contributed by atoms with Gasteiger partial charge in [-0.25, -0.2) is 0 Å². The molecule has 2 aromatic carbocycles. The summed E-state index contributed by atoms with van der Waals surface area (Å²) in [6.45, 7) is 6.24. The lowest BCUT2D eigenvalue weighted by molar-refractivity contribution is 1.08. The fourth-order valence-electron chi connectivity index (χ4n) is 3.14. The van der Waals surface area contributed by atoms with Crippen LogP contribution in [0, 0.1) is 32.1 Å². The van der Waals surface area contributed by atoms with Crippen LogP contribution in [0.25, 0.3) is 16.6 Å². The molecule has 0 aliphatic heterocycles.